The Kier molecular flexibility index (Phi) is 10.2. The number of rotatable bonds is 13. The average molecular weight is 608 g/mol. The van der Waals surface area contributed by atoms with Crippen LogP contribution in [0, 0.1) is 0 Å². The van der Waals surface area contributed by atoms with Crippen LogP contribution in [0.4, 0.5) is 57.1 Å². The van der Waals surface area contributed by atoms with Gasteiger partial charge in [-0.25, -0.2) is 14.0 Å². The first-order valence-electron chi connectivity index (χ1n) is 9.62. The zero-order valence-corrected chi connectivity index (χ0v) is 21.5. The molecule has 0 aliphatic rings. The normalized spacial score (nSPS) is 15.2. The van der Waals surface area contributed by atoms with Gasteiger partial charge in [-0.3, -0.25) is 0 Å². The van der Waals surface area contributed by atoms with Crippen molar-refractivity contribution in [1.82, 2.24) is 0 Å². The molecule has 37 heavy (non-hydrogen) atoms. The Morgan fingerprint density at radius 3 is 1.49 bits per heavy atom. The van der Waals surface area contributed by atoms with Gasteiger partial charge in [0.05, 0.1) is 0 Å². The van der Waals surface area contributed by atoms with Crippen LogP contribution < -0.4 is 0 Å². The van der Waals surface area contributed by atoms with Crippen molar-refractivity contribution in [1.29, 1.82) is 0 Å². The maximum Gasteiger partial charge on any atom is 0.473 e. The molecule has 0 aromatic carbocycles. The van der Waals surface area contributed by atoms with E-state index in [0.29, 0.717) is 0 Å². The molecule has 0 heterocycles. The minimum absolute atomic E-state index is 0.0156. The lowest BCUT2D eigenvalue weighted by Crippen LogP contribution is -2.71. The highest BCUT2D eigenvalue weighted by Crippen LogP contribution is 2.60. The zero-order valence-electron chi connectivity index (χ0n) is 19.5. The summed E-state index contributed by atoms with van der Waals surface area (Å²) in [5.74, 6) is -42.3. The second-order valence-corrected chi connectivity index (χ2v) is 17.8. The number of hydrogen-bond acceptors (Lipinski definition) is 5. The highest BCUT2D eigenvalue weighted by atomic mass is 28.4. The van der Waals surface area contributed by atoms with E-state index in [-0.39, 0.29) is 18.4 Å². The lowest BCUT2D eigenvalue weighted by Gasteiger charge is -2.40. The summed E-state index contributed by atoms with van der Waals surface area (Å²) in [5.41, 5.74) is 0. The van der Waals surface area contributed by atoms with Crippen molar-refractivity contribution in [2.45, 2.75) is 68.5 Å². The van der Waals surface area contributed by atoms with Crippen LogP contribution in [0.1, 0.15) is 0 Å². The van der Waals surface area contributed by atoms with E-state index < -0.39 is 71.0 Å². The van der Waals surface area contributed by atoms with Crippen LogP contribution in [0.15, 0.2) is 12.2 Å². The number of carbonyl (C=O) groups is 2. The molecule has 0 radical (unpaired) electrons. The summed E-state index contributed by atoms with van der Waals surface area (Å²) in [5, 5.41) is 0. The predicted molar refractivity (Wildman–Crippen MR) is 104 cm³/mol. The van der Waals surface area contributed by atoms with E-state index in [9.17, 15) is 66.7 Å². The molecule has 0 fully saturated rings. The molecule has 218 valence electrons. The highest BCUT2D eigenvalue weighted by molar-refractivity contribution is 6.84. The van der Waals surface area contributed by atoms with Crippen LogP contribution in [0.25, 0.3) is 0 Å². The topological polar surface area (TPSA) is 61.8 Å². The second-order valence-electron chi connectivity index (χ2n) is 8.99. The van der Waals surface area contributed by atoms with Gasteiger partial charge in [-0.05, 0) is 32.7 Å². The number of hydrogen-bond donors (Lipinski definition) is 0. The van der Waals surface area contributed by atoms with Gasteiger partial charge in [0.1, 0.15) is 6.23 Å². The lowest BCUT2D eigenvalue weighted by atomic mass is 9.94. The quantitative estimate of drug-likeness (QED) is 0.112. The Labute approximate surface area is 203 Å². The average Bonchev–Trinajstić information content (AvgIpc) is 2.67. The first kappa shape index (κ1) is 35.2. The fourth-order valence-electron chi connectivity index (χ4n) is 2.40. The Balaban J connectivity index is 5.68. The molecule has 0 N–H and O–H groups in total. The van der Waals surface area contributed by atoms with E-state index in [1.165, 1.54) is 0 Å². The number of alkyl halides is 13. The molecular formula is C17H21F13O5Si2. The van der Waals surface area contributed by atoms with Crippen molar-refractivity contribution >= 4 is 28.6 Å². The van der Waals surface area contributed by atoms with Gasteiger partial charge in [0.2, 0.25) is 8.32 Å². The summed E-state index contributed by atoms with van der Waals surface area (Å²) in [7, 11) is -4.73. The van der Waals surface area contributed by atoms with Crippen LogP contribution in [-0.2, 0) is 23.2 Å². The number of esters is 2. The van der Waals surface area contributed by atoms with E-state index in [0.717, 1.165) is 0 Å². The Hall–Kier alpha value is -1.84. The van der Waals surface area contributed by atoms with Crippen LogP contribution >= 0.6 is 0 Å². The molecule has 20 heteroatoms. The molecule has 0 atom stereocenters. The van der Waals surface area contributed by atoms with Gasteiger partial charge >= 0.3 is 47.7 Å². The van der Waals surface area contributed by atoms with Gasteiger partial charge in [0.15, 0.2) is 15.0 Å². The molecular weight excluding hydrogens is 587 g/mol. The number of carbonyl (C=O) groups excluding carboxylic acids is 2. The Bertz CT molecular complexity index is 870. The molecule has 0 spiro atoms. The van der Waals surface area contributed by atoms with Gasteiger partial charge in [-0.15, -0.1) is 0 Å². The first-order valence-corrected chi connectivity index (χ1v) is 16.1. The third kappa shape index (κ3) is 7.61. The molecule has 0 unspecified atom stereocenters. The van der Waals surface area contributed by atoms with Gasteiger partial charge in [-0.1, -0.05) is 0 Å². The van der Waals surface area contributed by atoms with Crippen LogP contribution in [-0.4, -0.2) is 77.2 Å². The number of ether oxygens (including phenoxy) is 2. The van der Waals surface area contributed by atoms with Gasteiger partial charge in [0, 0.05) is 12.2 Å². The summed E-state index contributed by atoms with van der Waals surface area (Å²) >= 11 is 0. The van der Waals surface area contributed by atoms with Gasteiger partial charge < -0.3 is 13.6 Å². The summed E-state index contributed by atoms with van der Waals surface area (Å²) in [6, 6.07) is 0. The summed E-state index contributed by atoms with van der Waals surface area (Å²) < 4.78 is 185. The summed E-state index contributed by atoms with van der Waals surface area (Å²) in [6.45, 7) is 4.82. The van der Waals surface area contributed by atoms with Gasteiger partial charge in [-0.2, -0.15) is 52.7 Å². The molecule has 0 bridgehead atoms. The van der Waals surface area contributed by atoms with Crippen LogP contribution in [0.3, 0.4) is 0 Å². The first-order chi connectivity index (χ1) is 16.0. The molecule has 5 nitrogen and oxygen atoms in total. The molecule has 0 aliphatic carbocycles. The standard InChI is InChI=1S/C17H21F13O5Si2/c1-36(2,3)35-37(4,5)9-33-10(31)6-7-11(32)34-17(29,30)16(27,28)15(25,26)14(23,24)13(21,22)12(19,20)8-18/h6-7H,8-9H2,1-5H3. The minimum Gasteiger partial charge on any atom is -0.463 e. The van der Waals surface area contributed by atoms with Crippen molar-refractivity contribution in [3.05, 3.63) is 12.2 Å². The SMILES string of the molecule is C[Si](C)(C)O[Si](C)(C)COC(=O)C=CC(=O)OC(F)(F)C(F)(F)C(F)(F)C(F)(F)C(F)(F)C(F)(F)CF. The largest absolute Gasteiger partial charge is 0.473 e. The Morgan fingerprint density at radius 1 is 0.676 bits per heavy atom. The molecule has 0 aromatic heterocycles. The van der Waals surface area contributed by atoms with E-state index in [4.69, 9.17) is 4.12 Å². The minimum atomic E-state index is -8.04. The van der Waals surface area contributed by atoms with Crippen LogP contribution in [0.5, 0.6) is 0 Å². The predicted octanol–water partition coefficient (Wildman–Crippen LogP) is 5.96. The Morgan fingerprint density at radius 2 is 1.08 bits per heavy atom. The van der Waals surface area contributed by atoms with E-state index in [1.807, 2.05) is 0 Å². The number of halogens is 13. The maximum atomic E-state index is 13.6. The monoisotopic (exact) mass is 608 g/mol. The van der Waals surface area contributed by atoms with Crippen molar-refractivity contribution in [2.75, 3.05) is 12.9 Å². The van der Waals surface area contributed by atoms with Crippen molar-refractivity contribution in [2.24, 2.45) is 0 Å². The molecule has 0 rings (SSSR count). The third-order valence-corrected chi connectivity index (χ3v) is 9.40. The lowest BCUT2D eigenvalue weighted by molar-refractivity contribution is -0.450. The maximum absolute atomic E-state index is 13.6. The second kappa shape index (κ2) is 10.7. The van der Waals surface area contributed by atoms with Crippen LogP contribution in [0.2, 0.25) is 32.7 Å². The van der Waals surface area contributed by atoms with Crippen molar-refractivity contribution in [3.63, 3.8) is 0 Å². The molecule has 0 aromatic rings. The zero-order chi connectivity index (χ0) is 30.1. The third-order valence-electron chi connectivity index (χ3n) is 3.90. The fraction of sp³-hybridized carbons (Fsp3) is 0.765. The molecule has 0 aliphatic heterocycles. The van der Waals surface area contributed by atoms with E-state index in [2.05, 4.69) is 9.47 Å². The smallest absolute Gasteiger partial charge is 0.463 e. The van der Waals surface area contributed by atoms with Crippen molar-refractivity contribution in [3.8, 4) is 0 Å². The summed E-state index contributed by atoms with van der Waals surface area (Å²) in [6.07, 6.45) is -7.80. The fourth-order valence-corrected chi connectivity index (χ4v) is 9.76. The molecule has 0 saturated heterocycles. The summed E-state index contributed by atoms with van der Waals surface area (Å²) in [4.78, 5) is 22.9. The van der Waals surface area contributed by atoms with Gasteiger partial charge in [0.25, 0.3) is 0 Å². The van der Waals surface area contributed by atoms with E-state index in [1.54, 1.807) is 32.7 Å². The molecule has 0 amide bonds. The highest BCUT2D eigenvalue weighted by Gasteiger charge is 2.91. The van der Waals surface area contributed by atoms with E-state index >= 15 is 0 Å². The molecule has 0 saturated carbocycles. The van der Waals surface area contributed by atoms with Crippen molar-refractivity contribution < 1.29 is 80.3 Å².